The van der Waals surface area contributed by atoms with E-state index in [1.165, 1.54) is 10.9 Å². The number of fused-ring (bicyclic) bond motifs is 3. The molecule has 6 nitrogen and oxygen atoms in total. The molecular formula is C15H19N5OS. The fourth-order valence-electron chi connectivity index (χ4n) is 3.04. The molecule has 0 spiro atoms. The van der Waals surface area contributed by atoms with Crippen molar-refractivity contribution >= 4 is 37.6 Å². The largest absolute Gasteiger partial charge is 0.376 e. The summed E-state index contributed by atoms with van der Waals surface area (Å²) in [5, 5.41) is 17.9. The van der Waals surface area contributed by atoms with E-state index >= 15 is 0 Å². The van der Waals surface area contributed by atoms with Gasteiger partial charge in [-0.25, -0.2) is 0 Å². The minimum atomic E-state index is 0.301. The Balaban J connectivity index is 1.78. The van der Waals surface area contributed by atoms with Gasteiger partial charge in [0.05, 0.1) is 22.0 Å². The summed E-state index contributed by atoms with van der Waals surface area (Å²) >= 11 is 1.65. The quantitative estimate of drug-likeness (QED) is 0.804. The summed E-state index contributed by atoms with van der Waals surface area (Å²) in [4.78, 5) is 0.978. The van der Waals surface area contributed by atoms with Crippen molar-refractivity contribution in [2.24, 2.45) is 7.05 Å². The molecule has 3 aromatic rings. The number of hydrogen-bond acceptors (Lipinski definition) is 6. The first kappa shape index (κ1) is 13.9. The second kappa shape index (κ2) is 5.17. The van der Waals surface area contributed by atoms with Crippen molar-refractivity contribution in [3.8, 4) is 0 Å². The number of nitrogens with one attached hydrogen (secondary N) is 1. The third-order valence-corrected chi connectivity index (χ3v) is 5.45. The van der Waals surface area contributed by atoms with Crippen molar-refractivity contribution in [1.82, 2.24) is 20.0 Å². The number of ether oxygens (including phenoxy) is 1. The predicted molar refractivity (Wildman–Crippen MR) is 88.6 cm³/mol. The van der Waals surface area contributed by atoms with Crippen LogP contribution in [-0.2, 0) is 11.8 Å². The molecule has 0 saturated carbocycles. The van der Waals surface area contributed by atoms with E-state index in [1.54, 1.807) is 11.3 Å². The summed E-state index contributed by atoms with van der Waals surface area (Å²) in [7, 11) is 1.99. The molecule has 0 radical (unpaired) electrons. The summed E-state index contributed by atoms with van der Waals surface area (Å²) < 4.78 is 8.77. The van der Waals surface area contributed by atoms with Gasteiger partial charge in [-0.05, 0) is 32.3 Å². The number of nitrogens with zero attached hydrogens (tertiary/aromatic N) is 4. The van der Waals surface area contributed by atoms with Crippen LogP contribution < -0.4 is 5.32 Å². The monoisotopic (exact) mass is 317 g/mol. The number of hydrogen-bond donors (Lipinski definition) is 1. The van der Waals surface area contributed by atoms with Crippen molar-refractivity contribution in [2.75, 3.05) is 18.5 Å². The smallest absolute Gasteiger partial charge is 0.166 e. The summed E-state index contributed by atoms with van der Waals surface area (Å²) in [6.07, 6.45) is 2.58. The Morgan fingerprint density at radius 3 is 3.00 bits per heavy atom. The number of aryl methyl sites for hydroxylation is 3. The Morgan fingerprint density at radius 2 is 2.23 bits per heavy atom. The lowest BCUT2D eigenvalue weighted by Crippen LogP contribution is -2.18. The summed E-state index contributed by atoms with van der Waals surface area (Å²) in [6.45, 7) is 5.79. The van der Waals surface area contributed by atoms with Gasteiger partial charge in [0.15, 0.2) is 5.82 Å². The molecule has 0 amide bonds. The third-order valence-electron chi connectivity index (χ3n) is 4.38. The molecule has 1 N–H and O–H groups in total. The number of rotatable bonds is 3. The Kier molecular flexibility index (Phi) is 3.27. The van der Waals surface area contributed by atoms with E-state index in [0.29, 0.717) is 6.10 Å². The molecule has 1 fully saturated rings. The first-order chi connectivity index (χ1) is 10.6. The van der Waals surface area contributed by atoms with E-state index in [-0.39, 0.29) is 0 Å². The van der Waals surface area contributed by atoms with Crippen LogP contribution in [0.2, 0.25) is 0 Å². The molecular weight excluding hydrogens is 298 g/mol. The zero-order valence-corrected chi connectivity index (χ0v) is 13.8. The van der Waals surface area contributed by atoms with Crippen LogP contribution in [0.15, 0.2) is 0 Å². The van der Waals surface area contributed by atoms with E-state index in [9.17, 15) is 0 Å². The van der Waals surface area contributed by atoms with Gasteiger partial charge in [0.25, 0.3) is 0 Å². The molecule has 116 valence electrons. The van der Waals surface area contributed by atoms with Gasteiger partial charge in [-0.15, -0.1) is 16.4 Å². The normalized spacial score (nSPS) is 18.6. The molecule has 4 rings (SSSR count). The minimum absolute atomic E-state index is 0.301. The SMILES string of the molecule is Cc1nnc2sc3c(NCC4CCCO4)nn(C)c3c2c1C. The molecule has 1 saturated heterocycles. The maximum atomic E-state index is 5.67. The fraction of sp³-hybridized carbons (Fsp3) is 0.533. The molecule has 0 aromatic carbocycles. The predicted octanol–water partition coefficient (Wildman–Crippen LogP) is 2.79. The van der Waals surface area contributed by atoms with Crippen molar-refractivity contribution in [3.63, 3.8) is 0 Å². The van der Waals surface area contributed by atoms with Crippen molar-refractivity contribution in [3.05, 3.63) is 11.3 Å². The molecule has 1 unspecified atom stereocenters. The first-order valence-corrected chi connectivity index (χ1v) is 8.41. The third kappa shape index (κ3) is 2.07. The molecule has 7 heteroatoms. The van der Waals surface area contributed by atoms with Gasteiger partial charge in [-0.3, -0.25) is 4.68 Å². The summed E-state index contributed by atoms with van der Waals surface area (Å²) in [6, 6.07) is 0. The molecule has 0 bridgehead atoms. The first-order valence-electron chi connectivity index (χ1n) is 7.59. The second-order valence-electron chi connectivity index (χ2n) is 5.86. The molecule has 3 aromatic heterocycles. The highest BCUT2D eigenvalue weighted by Gasteiger charge is 2.20. The van der Waals surface area contributed by atoms with Gasteiger partial charge in [-0.1, -0.05) is 0 Å². The maximum Gasteiger partial charge on any atom is 0.166 e. The summed E-state index contributed by atoms with van der Waals surface area (Å²) in [5.74, 6) is 0.924. The number of anilines is 1. The van der Waals surface area contributed by atoms with Gasteiger partial charge < -0.3 is 10.1 Å². The van der Waals surface area contributed by atoms with Gasteiger partial charge >= 0.3 is 0 Å². The topological polar surface area (TPSA) is 64.9 Å². The molecule has 0 aliphatic carbocycles. The lowest BCUT2D eigenvalue weighted by atomic mass is 10.1. The van der Waals surface area contributed by atoms with E-state index < -0.39 is 0 Å². The Labute approximate surface area is 132 Å². The van der Waals surface area contributed by atoms with E-state index in [0.717, 1.165) is 52.6 Å². The van der Waals surface area contributed by atoms with Crippen LogP contribution in [-0.4, -0.2) is 39.2 Å². The van der Waals surface area contributed by atoms with E-state index in [2.05, 4.69) is 27.5 Å². The highest BCUT2D eigenvalue weighted by molar-refractivity contribution is 7.26. The van der Waals surface area contributed by atoms with Crippen LogP contribution in [0.1, 0.15) is 24.1 Å². The molecule has 1 aliphatic rings. The zero-order chi connectivity index (χ0) is 15.3. The number of thiophene rings is 1. The zero-order valence-electron chi connectivity index (χ0n) is 13.0. The molecule has 1 aliphatic heterocycles. The van der Waals surface area contributed by atoms with Crippen LogP contribution in [0.3, 0.4) is 0 Å². The average molecular weight is 317 g/mol. The molecule has 1 atom stereocenters. The second-order valence-corrected chi connectivity index (χ2v) is 6.86. The van der Waals surface area contributed by atoms with Gasteiger partial charge in [0.2, 0.25) is 0 Å². The van der Waals surface area contributed by atoms with Crippen LogP contribution in [0, 0.1) is 13.8 Å². The maximum absolute atomic E-state index is 5.67. The van der Waals surface area contributed by atoms with Crippen molar-refractivity contribution in [1.29, 1.82) is 0 Å². The van der Waals surface area contributed by atoms with Crippen molar-refractivity contribution in [2.45, 2.75) is 32.8 Å². The number of aromatic nitrogens is 4. The molecule has 22 heavy (non-hydrogen) atoms. The van der Waals surface area contributed by atoms with Crippen LogP contribution in [0.5, 0.6) is 0 Å². The average Bonchev–Trinajstić information content (AvgIpc) is 3.19. The summed E-state index contributed by atoms with van der Waals surface area (Å²) in [5.41, 5.74) is 3.30. The van der Waals surface area contributed by atoms with E-state index in [4.69, 9.17) is 4.74 Å². The van der Waals surface area contributed by atoms with Crippen molar-refractivity contribution < 1.29 is 4.74 Å². The Hall–Kier alpha value is -1.73. The lowest BCUT2D eigenvalue weighted by Gasteiger charge is -2.09. The minimum Gasteiger partial charge on any atom is -0.376 e. The highest BCUT2D eigenvalue weighted by atomic mass is 32.1. The van der Waals surface area contributed by atoms with Gasteiger partial charge in [0, 0.05) is 25.6 Å². The van der Waals surface area contributed by atoms with Crippen LogP contribution in [0.4, 0.5) is 5.82 Å². The van der Waals surface area contributed by atoms with Gasteiger partial charge in [0.1, 0.15) is 4.83 Å². The van der Waals surface area contributed by atoms with Gasteiger partial charge in [-0.2, -0.15) is 10.2 Å². The van der Waals surface area contributed by atoms with E-state index in [1.807, 2.05) is 18.7 Å². The Bertz CT molecular complexity index is 847. The Morgan fingerprint density at radius 1 is 1.36 bits per heavy atom. The van der Waals surface area contributed by atoms with Crippen LogP contribution >= 0.6 is 11.3 Å². The fourth-order valence-corrected chi connectivity index (χ4v) is 4.21. The molecule has 4 heterocycles. The standard InChI is InChI=1S/C15H19N5OS/c1-8-9(2)17-18-15-11(8)12-13(22-15)14(19-20(12)3)16-7-10-5-4-6-21-10/h10H,4-7H2,1-3H3,(H,16,19). The van der Waals surface area contributed by atoms with Crippen LogP contribution in [0.25, 0.3) is 20.4 Å². The lowest BCUT2D eigenvalue weighted by molar-refractivity contribution is 0.120. The highest BCUT2D eigenvalue weighted by Crippen LogP contribution is 2.38.